The average Bonchev–Trinajstić information content (AvgIpc) is 4.09. The van der Waals surface area contributed by atoms with Crippen LogP contribution in [0.25, 0.3) is 71.8 Å². The maximum absolute atomic E-state index is 6.85. The summed E-state index contributed by atoms with van der Waals surface area (Å²) in [5.41, 5.74) is 17.0. The van der Waals surface area contributed by atoms with Crippen LogP contribution >= 0.6 is 0 Å². The predicted octanol–water partition coefficient (Wildman–Crippen LogP) is 19.4. The Hall–Kier alpha value is -7.40. The van der Waals surface area contributed by atoms with Gasteiger partial charge in [0.1, 0.15) is 17.0 Å². The second-order valence-electron chi connectivity index (χ2n) is 24.7. The van der Waals surface area contributed by atoms with Gasteiger partial charge in [0.05, 0.1) is 0 Å². The molecule has 0 fully saturated rings. The Labute approximate surface area is 468 Å². The topological polar surface area (TPSA) is 46.7 Å². The van der Waals surface area contributed by atoms with E-state index in [2.05, 4.69) is 256 Å². The van der Waals surface area contributed by atoms with Gasteiger partial charge in [-0.3, -0.25) is 0 Å². The van der Waals surface area contributed by atoms with Crippen LogP contribution in [0.3, 0.4) is 0 Å². The van der Waals surface area contributed by atoms with E-state index in [4.69, 9.17) is 14.1 Å². The molecular weight excluding hydrogens is 1120 g/mol. The number of hydrogen-bond donors (Lipinski definition) is 0. The Morgan fingerprint density at radius 1 is 0.494 bits per heavy atom. The number of aromatic nitrogens is 2. The molecule has 1 aliphatic rings. The third-order valence-electron chi connectivity index (χ3n) is 15.2. The zero-order valence-corrected chi connectivity index (χ0v) is 48.4. The van der Waals surface area contributed by atoms with E-state index >= 15 is 0 Å². The van der Waals surface area contributed by atoms with Crippen LogP contribution in [0.1, 0.15) is 105 Å². The van der Waals surface area contributed by atoms with Gasteiger partial charge < -0.3 is 23.5 Å². The summed E-state index contributed by atoms with van der Waals surface area (Å²) < 4.78 is 15.8. The standard InChI is InChI=1S/C70H65N4O2.Pt/c1-67(2,3)46-20-15-19-44(35-46)45-29-32-60-59(36-45)54-31-30-53(42-62(54)74(60)64-40-47(33-34-71-64)68(4,5)6)75-52-22-16-21-50(41-52)72-43-73(51-38-48(69(7,8)9)37-49(39-51)70(10,11)12)65-56(24-18-27-61(65)72)58-26-17-25-57-55-23-13-14-28-63(55)76-66(57)58;/h13-40,43H,1-12H3;/q-3;. The summed E-state index contributed by atoms with van der Waals surface area (Å²) in [6, 6.07) is 66.2. The number of ether oxygens (including phenoxy) is 1. The molecule has 0 bridgehead atoms. The fourth-order valence-electron chi connectivity index (χ4n) is 10.7. The van der Waals surface area contributed by atoms with Crippen molar-refractivity contribution >= 4 is 66.5 Å². The molecule has 11 aromatic rings. The molecule has 0 atom stereocenters. The van der Waals surface area contributed by atoms with Crippen LogP contribution in [0.4, 0.5) is 22.7 Å². The van der Waals surface area contributed by atoms with Crippen LogP contribution in [0.5, 0.6) is 11.5 Å². The first-order valence-electron chi connectivity index (χ1n) is 26.6. The number of hydrogen-bond acceptors (Lipinski definition) is 5. The first kappa shape index (κ1) is 51.7. The molecule has 6 nitrogen and oxygen atoms in total. The van der Waals surface area contributed by atoms with E-state index in [0.29, 0.717) is 11.5 Å². The van der Waals surface area contributed by atoms with Gasteiger partial charge in [-0.2, -0.15) is 12.1 Å². The molecule has 0 radical (unpaired) electrons. The number of furan rings is 1. The molecule has 0 amide bonds. The van der Waals surface area contributed by atoms with Crippen molar-refractivity contribution in [1.82, 2.24) is 9.55 Å². The van der Waals surface area contributed by atoms with Gasteiger partial charge in [0, 0.05) is 83.2 Å². The quantitative estimate of drug-likeness (QED) is 0.149. The van der Waals surface area contributed by atoms with Crippen LogP contribution in [-0.2, 0) is 42.7 Å². The zero-order valence-electron chi connectivity index (χ0n) is 46.2. The van der Waals surface area contributed by atoms with Gasteiger partial charge in [-0.25, -0.2) is 4.98 Å². The van der Waals surface area contributed by atoms with E-state index in [1.807, 2.05) is 30.5 Å². The van der Waals surface area contributed by atoms with Gasteiger partial charge in [-0.1, -0.05) is 180 Å². The number of rotatable bonds is 7. The molecule has 0 spiro atoms. The Kier molecular flexibility index (Phi) is 12.7. The van der Waals surface area contributed by atoms with E-state index in [-0.39, 0.29) is 42.7 Å². The van der Waals surface area contributed by atoms with Gasteiger partial charge >= 0.3 is 0 Å². The van der Waals surface area contributed by atoms with Crippen molar-refractivity contribution < 1.29 is 30.2 Å². The summed E-state index contributed by atoms with van der Waals surface area (Å²) in [6.07, 6.45) is 1.92. The number of fused-ring (bicyclic) bond motifs is 7. The van der Waals surface area contributed by atoms with Crippen LogP contribution in [0.2, 0.25) is 0 Å². The van der Waals surface area contributed by atoms with Gasteiger partial charge in [-0.05, 0) is 103 Å². The van der Waals surface area contributed by atoms with Gasteiger partial charge in [-0.15, -0.1) is 48.1 Å². The molecule has 4 heterocycles. The second-order valence-corrected chi connectivity index (χ2v) is 24.7. The molecule has 1 aliphatic heterocycles. The molecule has 0 aliphatic carbocycles. The summed E-state index contributed by atoms with van der Waals surface area (Å²) in [6.45, 7) is 29.5. The normalized spacial score (nSPS) is 13.2. The van der Waals surface area contributed by atoms with Crippen LogP contribution in [-0.4, -0.2) is 9.55 Å². The molecule has 0 unspecified atom stereocenters. The molecule has 0 N–H and O–H groups in total. The molecule has 7 heteroatoms. The third kappa shape index (κ3) is 9.43. The van der Waals surface area contributed by atoms with Crippen LogP contribution in [0.15, 0.2) is 174 Å². The largest absolute Gasteiger partial charge is 0.509 e. The minimum Gasteiger partial charge on any atom is -0.509 e. The minimum absolute atomic E-state index is 0. The fraction of sp³-hybridized carbons (Fsp3) is 0.229. The van der Waals surface area contributed by atoms with Crippen molar-refractivity contribution in [3.8, 4) is 39.6 Å². The molecule has 390 valence electrons. The first-order valence-corrected chi connectivity index (χ1v) is 26.6. The SMILES string of the molecule is CC(C)(C)c1cccc(-c2ccc3c(c2)c2ccc(Oc4[c-]c(N5[CH-]N(c6cc(C(C)(C)C)cc(C(C)(C)C)c6)c6c(-c7cccc8c7oc7ccccc78)cccc65)ccc4)[c-]c2n3-c2cc(C(C)(C)C)ccn2)c1.[Pt]. The molecule has 12 rings (SSSR count). The van der Waals surface area contributed by atoms with E-state index in [9.17, 15) is 0 Å². The average molecular weight is 1190 g/mol. The van der Waals surface area contributed by atoms with Crippen molar-refractivity contribution in [2.75, 3.05) is 9.80 Å². The van der Waals surface area contributed by atoms with Crippen LogP contribution < -0.4 is 14.5 Å². The molecular formula is C70H65N4O2Pt-3. The van der Waals surface area contributed by atoms with E-state index in [1.54, 1.807) is 0 Å². The molecule has 3 aromatic heterocycles. The Morgan fingerprint density at radius 2 is 1.14 bits per heavy atom. The predicted molar refractivity (Wildman–Crippen MR) is 317 cm³/mol. The van der Waals surface area contributed by atoms with E-state index in [0.717, 1.165) is 89.0 Å². The molecule has 77 heavy (non-hydrogen) atoms. The van der Waals surface area contributed by atoms with Gasteiger partial charge in [0.25, 0.3) is 0 Å². The number of anilines is 4. The summed E-state index contributed by atoms with van der Waals surface area (Å²) >= 11 is 0. The summed E-state index contributed by atoms with van der Waals surface area (Å²) in [5.74, 6) is 1.99. The number of benzene rings is 8. The summed E-state index contributed by atoms with van der Waals surface area (Å²) in [5, 5.41) is 4.39. The fourth-order valence-corrected chi connectivity index (χ4v) is 10.7. The second kappa shape index (κ2) is 19.0. The Balaban J connectivity index is 0.00000631. The molecule has 0 saturated carbocycles. The van der Waals surface area contributed by atoms with Gasteiger partial charge in [0.2, 0.25) is 0 Å². The van der Waals surface area contributed by atoms with Crippen molar-refractivity contribution in [2.45, 2.75) is 105 Å². The number of para-hydroxylation sites is 3. The molecule has 0 saturated heterocycles. The minimum atomic E-state index is -0.0833. The van der Waals surface area contributed by atoms with E-state index in [1.165, 1.54) is 27.8 Å². The molecule has 8 aromatic carbocycles. The Bertz CT molecular complexity index is 4040. The monoisotopic (exact) mass is 1190 g/mol. The Morgan fingerprint density at radius 3 is 1.90 bits per heavy atom. The van der Waals surface area contributed by atoms with Crippen molar-refractivity contribution in [1.29, 1.82) is 0 Å². The van der Waals surface area contributed by atoms with Crippen molar-refractivity contribution in [2.24, 2.45) is 0 Å². The smallest absolute Gasteiger partial charge is 0.143 e. The maximum Gasteiger partial charge on any atom is 0.143 e. The maximum atomic E-state index is 6.85. The first-order chi connectivity index (χ1) is 36.2. The number of pyridine rings is 1. The van der Waals surface area contributed by atoms with Crippen molar-refractivity contribution in [3.63, 3.8) is 0 Å². The summed E-state index contributed by atoms with van der Waals surface area (Å²) in [4.78, 5) is 9.58. The number of nitrogens with zero attached hydrogens (tertiary/aromatic N) is 4. The van der Waals surface area contributed by atoms with Crippen molar-refractivity contribution in [3.05, 3.63) is 211 Å². The van der Waals surface area contributed by atoms with Gasteiger partial charge in [0.15, 0.2) is 0 Å². The van der Waals surface area contributed by atoms with Crippen LogP contribution in [0, 0.1) is 18.8 Å². The van der Waals surface area contributed by atoms with E-state index < -0.39 is 0 Å². The summed E-state index contributed by atoms with van der Waals surface area (Å²) in [7, 11) is 0. The third-order valence-corrected chi connectivity index (χ3v) is 15.2. The zero-order chi connectivity index (χ0) is 53.1.